The van der Waals surface area contributed by atoms with Gasteiger partial charge in [-0.1, -0.05) is 36.9 Å². The van der Waals surface area contributed by atoms with Gasteiger partial charge in [-0.05, 0) is 31.2 Å². The highest BCUT2D eigenvalue weighted by Gasteiger charge is 2.19. The second kappa shape index (κ2) is 7.53. The number of nitrogen functional groups attached to an aromatic ring is 1. The Labute approximate surface area is 147 Å². The number of hydrogen-bond acceptors (Lipinski definition) is 5. The van der Waals surface area contributed by atoms with E-state index < -0.39 is 0 Å². The Morgan fingerprint density at radius 2 is 2.04 bits per heavy atom. The van der Waals surface area contributed by atoms with Gasteiger partial charge in [0.05, 0.1) is 17.6 Å². The molecular weight excluding hydrogens is 316 g/mol. The van der Waals surface area contributed by atoms with E-state index in [0.717, 1.165) is 24.2 Å². The van der Waals surface area contributed by atoms with Crippen molar-refractivity contribution in [2.24, 2.45) is 0 Å². The van der Waals surface area contributed by atoms with E-state index in [9.17, 15) is 0 Å². The predicted octanol–water partition coefficient (Wildman–Crippen LogP) is 4.31. The Morgan fingerprint density at radius 1 is 1.25 bits per heavy atom. The molecule has 2 aromatic rings. The van der Waals surface area contributed by atoms with Gasteiger partial charge in [0.15, 0.2) is 5.82 Å². The number of para-hydroxylation sites is 1. The van der Waals surface area contributed by atoms with E-state index in [2.05, 4.69) is 35.3 Å². The van der Waals surface area contributed by atoms with Crippen molar-refractivity contribution in [2.45, 2.75) is 24.0 Å². The van der Waals surface area contributed by atoms with Crippen LogP contribution in [0.5, 0.6) is 0 Å². The number of nitrogens with two attached hydrogens (primary N) is 1. The van der Waals surface area contributed by atoms with Crippen LogP contribution in [-0.4, -0.2) is 21.5 Å². The van der Waals surface area contributed by atoms with Gasteiger partial charge in [0.25, 0.3) is 0 Å². The minimum atomic E-state index is 0.296. The molecule has 1 heterocycles. The van der Waals surface area contributed by atoms with Crippen molar-refractivity contribution in [3.8, 4) is 0 Å². The molecular formula is C19H22N4S. The monoisotopic (exact) mass is 338 g/mol. The van der Waals surface area contributed by atoms with Gasteiger partial charge in [-0.25, -0.2) is 9.97 Å². The smallest absolute Gasteiger partial charge is 0.151 e. The normalized spacial score (nSPS) is 19.9. The van der Waals surface area contributed by atoms with Gasteiger partial charge in [0.2, 0.25) is 0 Å². The molecule has 0 amide bonds. The summed E-state index contributed by atoms with van der Waals surface area (Å²) >= 11 is 1.89. The molecule has 124 valence electrons. The van der Waals surface area contributed by atoms with Crippen LogP contribution in [0.2, 0.25) is 0 Å². The topological polar surface area (TPSA) is 63.8 Å². The lowest BCUT2D eigenvalue weighted by molar-refractivity contribution is 0.646. The molecule has 0 bridgehead atoms. The van der Waals surface area contributed by atoms with Crippen molar-refractivity contribution >= 4 is 29.0 Å². The van der Waals surface area contributed by atoms with E-state index in [1.807, 2.05) is 42.1 Å². The summed E-state index contributed by atoms with van der Waals surface area (Å²) < 4.78 is 0. The molecule has 0 saturated heterocycles. The van der Waals surface area contributed by atoms with Crippen LogP contribution in [0, 0.1) is 0 Å². The minimum Gasteiger partial charge on any atom is -0.382 e. The summed E-state index contributed by atoms with van der Waals surface area (Å²) in [4.78, 5) is 9.07. The lowest BCUT2D eigenvalue weighted by Gasteiger charge is -2.21. The van der Waals surface area contributed by atoms with Crippen LogP contribution >= 0.6 is 11.8 Å². The Balaban J connectivity index is 1.80. The van der Waals surface area contributed by atoms with Gasteiger partial charge in [-0.3, -0.25) is 0 Å². The highest BCUT2D eigenvalue weighted by molar-refractivity contribution is 7.99. The van der Waals surface area contributed by atoms with Crippen molar-refractivity contribution < 1.29 is 0 Å². The minimum absolute atomic E-state index is 0.296. The number of aromatic nitrogens is 2. The Morgan fingerprint density at radius 3 is 2.71 bits per heavy atom. The summed E-state index contributed by atoms with van der Waals surface area (Å²) in [6.45, 7) is 4.08. The van der Waals surface area contributed by atoms with E-state index in [1.54, 1.807) is 6.20 Å². The van der Waals surface area contributed by atoms with Crippen molar-refractivity contribution in [1.29, 1.82) is 0 Å². The zero-order valence-corrected chi connectivity index (χ0v) is 14.6. The number of thioether (sulfide) groups is 1. The van der Waals surface area contributed by atoms with Crippen LogP contribution in [0.1, 0.15) is 30.1 Å². The maximum Gasteiger partial charge on any atom is 0.151 e. The zero-order valence-electron chi connectivity index (χ0n) is 13.8. The zero-order chi connectivity index (χ0) is 16.9. The van der Waals surface area contributed by atoms with E-state index in [4.69, 9.17) is 10.7 Å². The third kappa shape index (κ3) is 3.79. The summed E-state index contributed by atoms with van der Waals surface area (Å²) in [5.74, 6) is 0.693. The van der Waals surface area contributed by atoms with Gasteiger partial charge in [0.1, 0.15) is 5.69 Å². The molecule has 0 radical (unpaired) electrons. The molecule has 24 heavy (non-hydrogen) atoms. The van der Waals surface area contributed by atoms with Crippen molar-refractivity contribution in [1.82, 2.24) is 9.97 Å². The van der Waals surface area contributed by atoms with Gasteiger partial charge in [-0.2, -0.15) is 11.8 Å². The molecule has 0 spiro atoms. The molecule has 3 N–H and O–H groups in total. The molecule has 1 aromatic carbocycles. The van der Waals surface area contributed by atoms with Gasteiger partial charge < -0.3 is 11.1 Å². The number of anilines is 2. The first-order valence-corrected chi connectivity index (χ1v) is 9.31. The average molecular weight is 338 g/mol. The summed E-state index contributed by atoms with van der Waals surface area (Å²) in [7, 11) is 0. The van der Waals surface area contributed by atoms with Crippen molar-refractivity contribution in [3.05, 3.63) is 66.6 Å². The highest BCUT2D eigenvalue weighted by Crippen LogP contribution is 2.31. The molecule has 5 heteroatoms. The fraction of sp³-hybridized carbons (Fsp3) is 0.263. The average Bonchev–Trinajstić information content (AvgIpc) is 2.63. The fourth-order valence-electron chi connectivity index (χ4n) is 2.80. The van der Waals surface area contributed by atoms with Crippen molar-refractivity contribution in [3.63, 3.8) is 0 Å². The second-order valence-electron chi connectivity index (χ2n) is 5.84. The van der Waals surface area contributed by atoms with Crippen LogP contribution in [-0.2, 0) is 0 Å². The van der Waals surface area contributed by atoms with E-state index >= 15 is 0 Å². The molecule has 2 atom stereocenters. The largest absolute Gasteiger partial charge is 0.382 e. The summed E-state index contributed by atoms with van der Waals surface area (Å²) in [6, 6.07) is 9.86. The SMILES string of the molecule is C=C(Nc1ccccc1)c1nc(C2C=CC(SC)CC2)cnc1N. The molecule has 2 unspecified atom stereocenters. The van der Waals surface area contributed by atoms with Crippen LogP contribution in [0.15, 0.2) is 55.3 Å². The first-order chi connectivity index (χ1) is 11.7. The lowest BCUT2D eigenvalue weighted by Crippen LogP contribution is -2.13. The quantitative estimate of drug-likeness (QED) is 0.796. The number of rotatable bonds is 5. The first kappa shape index (κ1) is 16.6. The maximum atomic E-state index is 6.02. The first-order valence-electron chi connectivity index (χ1n) is 8.02. The van der Waals surface area contributed by atoms with Crippen molar-refractivity contribution in [2.75, 3.05) is 17.3 Å². The highest BCUT2D eigenvalue weighted by atomic mass is 32.2. The molecule has 1 aliphatic rings. The summed E-state index contributed by atoms with van der Waals surface area (Å²) in [5, 5.41) is 3.86. The lowest BCUT2D eigenvalue weighted by atomic mass is 9.93. The number of nitrogens with one attached hydrogen (secondary N) is 1. The Kier molecular flexibility index (Phi) is 5.20. The Hall–Kier alpha value is -2.27. The van der Waals surface area contributed by atoms with Crippen LogP contribution in [0.3, 0.4) is 0 Å². The van der Waals surface area contributed by atoms with Crippen LogP contribution in [0.4, 0.5) is 11.5 Å². The molecule has 0 saturated carbocycles. The molecule has 4 nitrogen and oxygen atoms in total. The Bertz CT molecular complexity index is 742. The van der Waals surface area contributed by atoms with E-state index in [0.29, 0.717) is 28.4 Å². The number of hydrogen-bond donors (Lipinski definition) is 2. The van der Waals surface area contributed by atoms with E-state index in [1.165, 1.54) is 0 Å². The second-order valence-corrected chi connectivity index (χ2v) is 6.92. The summed E-state index contributed by atoms with van der Waals surface area (Å²) in [6.07, 6.45) is 10.7. The molecule has 3 rings (SSSR count). The van der Waals surface area contributed by atoms with Crippen LogP contribution < -0.4 is 11.1 Å². The van der Waals surface area contributed by atoms with Gasteiger partial charge >= 0.3 is 0 Å². The molecule has 0 fully saturated rings. The predicted molar refractivity (Wildman–Crippen MR) is 104 cm³/mol. The molecule has 1 aromatic heterocycles. The third-order valence-electron chi connectivity index (χ3n) is 4.18. The maximum absolute atomic E-state index is 6.02. The molecule has 1 aliphatic carbocycles. The summed E-state index contributed by atoms with van der Waals surface area (Å²) in [5.41, 5.74) is 9.21. The standard InChI is InChI=1S/C19H22N4S/c1-13(22-15-6-4-3-5-7-15)18-19(20)21-12-17(23-18)14-8-10-16(24-2)11-9-14/h3-8,10,12,14,16,22H,1,9,11H2,2H3,(H2,20,21). The number of allylic oxidation sites excluding steroid dienone is 1. The molecule has 0 aliphatic heterocycles. The number of benzene rings is 1. The third-order valence-corrected chi connectivity index (χ3v) is 5.18. The fourth-order valence-corrected chi connectivity index (χ4v) is 3.42. The van der Waals surface area contributed by atoms with Gasteiger partial charge in [-0.15, -0.1) is 0 Å². The number of nitrogens with zero attached hydrogens (tertiary/aromatic N) is 2. The van der Waals surface area contributed by atoms with E-state index in [-0.39, 0.29) is 0 Å². The van der Waals surface area contributed by atoms with Crippen LogP contribution in [0.25, 0.3) is 5.70 Å². The van der Waals surface area contributed by atoms with Gasteiger partial charge in [0, 0.05) is 16.9 Å².